The van der Waals surface area contributed by atoms with Crippen LogP contribution in [0.2, 0.25) is 0 Å². The highest BCUT2D eigenvalue weighted by Crippen LogP contribution is 2.35. The van der Waals surface area contributed by atoms with Crippen LogP contribution in [0.4, 0.5) is 0 Å². The van der Waals surface area contributed by atoms with E-state index in [2.05, 4.69) is 24.8 Å². The lowest BCUT2D eigenvalue weighted by atomic mass is 9.81. The molecule has 0 radical (unpaired) electrons. The Balaban J connectivity index is 1.97. The fourth-order valence-electron chi connectivity index (χ4n) is 2.93. The molecule has 2 atom stereocenters. The predicted octanol–water partition coefficient (Wildman–Crippen LogP) is 5.22. The largest absolute Gasteiger partial charge is 0.498 e. The van der Waals surface area contributed by atoms with Gasteiger partial charge in [0.15, 0.2) is 0 Å². The Morgan fingerprint density at radius 3 is 2.62 bits per heavy atom. The summed E-state index contributed by atoms with van der Waals surface area (Å²) < 4.78 is 11.2. The fourth-order valence-corrected chi connectivity index (χ4v) is 2.93. The topological polar surface area (TPSA) is 18.5 Å². The molecule has 1 aromatic carbocycles. The number of allylic oxidation sites excluding steroid dienone is 2. The molecule has 0 aromatic heterocycles. The zero-order chi connectivity index (χ0) is 14.9. The average Bonchev–Trinajstić information content (AvgIpc) is 2.55. The van der Waals surface area contributed by atoms with Crippen LogP contribution in [-0.2, 0) is 4.74 Å². The minimum atomic E-state index is 0.298. The normalized spacial score (nSPS) is 22.1. The second-order valence-electron chi connectivity index (χ2n) is 5.58. The van der Waals surface area contributed by atoms with Gasteiger partial charge in [-0.2, -0.15) is 0 Å². The van der Waals surface area contributed by atoms with Crippen molar-refractivity contribution in [3.05, 3.63) is 54.8 Å². The molecule has 0 unspecified atom stereocenters. The van der Waals surface area contributed by atoms with Crippen LogP contribution < -0.4 is 4.74 Å². The molecule has 0 amide bonds. The van der Waals surface area contributed by atoms with E-state index >= 15 is 0 Å². The van der Waals surface area contributed by atoms with Gasteiger partial charge in [-0.15, -0.1) is 6.58 Å². The van der Waals surface area contributed by atoms with Gasteiger partial charge in [0, 0.05) is 5.92 Å². The van der Waals surface area contributed by atoms with Crippen molar-refractivity contribution in [2.45, 2.75) is 50.5 Å². The molecular formula is C19H26O2. The average molecular weight is 286 g/mol. The van der Waals surface area contributed by atoms with Crippen LogP contribution in [-0.4, -0.2) is 13.2 Å². The van der Waals surface area contributed by atoms with Crippen LogP contribution in [0.5, 0.6) is 5.75 Å². The maximum Gasteiger partial charge on any atom is 0.118 e. The third-order valence-electron chi connectivity index (χ3n) is 4.13. The van der Waals surface area contributed by atoms with Crippen molar-refractivity contribution in [2.24, 2.45) is 0 Å². The zero-order valence-electron chi connectivity index (χ0n) is 13.0. The van der Waals surface area contributed by atoms with Gasteiger partial charge in [-0.3, -0.25) is 0 Å². The summed E-state index contributed by atoms with van der Waals surface area (Å²) in [5, 5.41) is 0. The fraction of sp³-hybridized carbons (Fsp3) is 0.474. The molecule has 1 fully saturated rings. The van der Waals surface area contributed by atoms with Crippen LogP contribution in [0.1, 0.15) is 50.0 Å². The van der Waals surface area contributed by atoms with Crippen LogP contribution in [0, 0.1) is 0 Å². The Bertz CT molecular complexity index is 447. The highest BCUT2D eigenvalue weighted by atomic mass is 16.5. The highest BCUT2D eigenvalue weighted by molar-refractivity contribution is 5.30. The monoisotopic (exact) mass is 286 g/mol. The van der Waals surface area contributed by atoms with Gasteiger partial charge in [0.2, 0.25) is 0 Å². The summed E-state index contributed by atoms with van der Waals surface area (Å²) in [5.74, 6) is 1.41. The molecule has 0 saturated heterocycles. The summed E-state index contributed by atoms with van der Waals surface area (Å²) in [6.07, 6.45) is 13.1. The Labute approximate surface area is 128 Å². The highest BCUT2D eigenvalue weighted by Gasteiger charge is 2.27. The van der Waals surface area contributed by atoms with E-state index in [9.17, 15) is 0 Å². The summed E-state index contributed by atoms with van der Waals surface area (Å²) in [5.41, 5.74) is 1.36. The maximum absolute atomic E-state index is 6.01. The van der Waals surface area contributed by atoms with Crippen molar-refractivity contribution in [2.75, 3.05) is 7.11 Å². The van der Waals surface area contributed by atoms with Gasteiger partial charge in [0.25, 0.3) is 0 Å². The molecule has 1 aliphatic rings. The van der Waals surface area contributed by atoms with E-state index in [-0.39, 0.29) is 0 Å². The molecule has 0 heterocycles. The first kappa shape index (κ1) is 15.7. The minimum absolute atomic E-state index is 0.298. The van der Waals surface area contributed by atoms with Crippen molar-refractivity contribution in [1.82, 2.24) is 0 Å². The quantitative estimate of drug-likeness (QED) is 0.389. The maximum atomic E-state index is 6.01. The summed E-state index contributed by atoms with van der Waals surface area (Å²) in [4.78, 5) is 0. The van der Waals surface area contributed by atoms with Crippen LogP contribution in [0.15, 0.2) is 49.3 Å². The van der Waals surface area contributed by atoms with Gasteiger partial charge < -0.3 is 9.47 Å². The standard InChI is InChI=1S/C19H26O2/c1-3-4-5-8-15-21-19-10-7-6-9-18(19)16-11-13-17(20-2)14-12-16/h3,8,11-15,18-19H,1,4-7,9-10H2,2H3/b15-8-/t18-,19+/m1/s1. The lowest BCUT2D eigenvalue weighted by Gasteiger charge is -2.31. The molecular weight excluding hydrogens is 260 g/mol. The first-order valence-corrected chi connectivity index (χ1v) is 7.90. The van der Waals surface area contributed by atoms with Crippen molar-refractivity contribution in [1.29, 1.82) is 0 Å². The van der Waals surface area contributed by atoms with E-state index in [1.54, 1.807) is 7.11 Å². The molecule has 0 spiro atoms. The Hall–Kier alpha value is -1.70. The molecule has 2 rings (SSSR count). The van der Waals surface area contributed by atoms with Gasteiger partial charge >= 0.3 is 0 Å². The summed E-state index contributed by atoms with van der Waals surface area (Å²) in [7, 11) is 1.70. The summed E-state index contributed by atoms with van der Waals surface area (Å²) in [6, 6.07) is 8.43. The number of benzene rings is 1. The van der Waals surface area contributed by atoms with Gasteiger partial charge in [0.1, 0.15) is 11.9 Å². The second-order valence-corrected chi connectivity index (χ2v) is 5.58. The first-order valence-electron chi connectivity index (χ1n) is 7.90. The zero-order valence-corrected chi connectivity index (χ0v) is 13.0. The molecule has 2 nitrogen and oxygen atoms in total. The molecule has 21 heavy (non-hydrogen) atoms. The van der Waals surface area contributed by atoms with Crippen molar-refractivity contribution in [3.8, 4) is 5.75 Å². The van der Waals surface area contributed by atoms with E-state index in [1.165, 1.54) is 24.8 Å². The van der Waals surface area contributed by atoms with Crippen LogP contribution in [0.3, 0.4) is 0 Å². The molecule has 1 aliphatic carbocycles. The van der Waals surface area contributed by atoms with Crippen molar-refractivity contribution >= 4 is 0 Å². The third-order valence-corrected chi connectivity index (χ3v) is 4.13. The van der Waals surface area contributed by atoms with Gasteiger partial charge in [0.05, 0.1) is 13.4 Å². The Kier molecular flexibility index (Phi) is 6.39. The first-order chi connectivity index (χ1) is 10.3. The van der Waals surface area contributed by atoms with Gasteiger partial charge in [-0.25, -0.2) is 0 Å². The van der Waals surface area contributed by atoms with E-state index in [4.69, 9.17) is 9.47 Å². The Morgan fingerprint density at radius 1 is 1.14 bits per heavy atom. The minimum Gasteiger partial charge on any atom is -0.498 e. The van der Waals surface area contributed by atoms with E-state index in [0.717, 1.165) is 25.0 Å². The third kappa shape index (κ3) is 4.66. The Morgan fingerprint density at radius 2 is 1.90 bits per heavy atom. The van der Waals surface area contributed by atoms with Crippen LogP contribution >= 0.6 is 0 Å². The van der Waals surface area contributed by atoms with Crippen LogP contribution in [0.25, 0.3) is 0 Å². The lowest BCUT2D eigenvalue weighted by Crippen LogP contribution is -2.24. The smallest absolute Gasteiger partial charge is 0.118 e. The predicted molar refractivity (Wildman–Crippen MR) is 87.6 cm³/mol. The second kappa shape index (κ2) is 8.56. The van der Waals surface area contributed by atoms with E-state index in [0.29, 0.717) is 12.0 Å². The van der Waals surface area contributed by atoms with Crippen molar-refractivity contribution in [3.63, 3.8) is 0 Å². The number of unbranched alkanes of at least 4 members (excludes halogenated alkanes) is 1. The molecule has 1 aromatic rings. The van der Waals surface area contributed by atoms with Gasteiger partial charge in [-0.1, -0.05) is 24.6 Å². The molecule has 2 heteroatoms. The van der Waals surface area contributed by atoms with Crippen molar-refractivity contribution < 1.29 is 9.47 Å². The number of hydrogen-bond donors (Lipinski definition) is 0. The number of rotatable bonds is 7. The lowest BCUT2D eigenvalue weighted by molar-refractivity contribution is 0.0843. The summed E-state index contributed by atoms with van der Waals surface area (Å²) >= 11 is 0. The number of hydrogen-bond acceptors (Lipinski definition) is 2. The van der Waals surface area contributed by atoms with E-state index < -0.39 is 0 Å². The molecule has 0 bridgehead atoms. The number of ether oxygens (including phenoxy) is 2. The molecule has 114 valence electrons. The molecule has 1 saturated carbocycles. The SMILES string of the molecule is C=CCC/C=C\O[C@H]1CCCC[C@@H]1c1ccc(OC)cc1. The van der Waals surface area contributed by atoms with Gasteiger partial charge in [-0.05, 0) is 55.9 Å². The van der Waals surface area contributed by atoms with E-state index in [1.807, 2.05) is 24.5 Å². The summed E-state index contributed by atoms with van der Waals surface area (Å²) in [6.45, 7) is 3.73. The molecule has 0 N–H and O–H groups in total. The number of methoxy groups -OCH3 is 1. The molecule has 0 aliphatic heterocycles.